The van der Waals surface area contributed by atoms with Crippen LogP contribution >= 0.6 is 15.9 Å². The van der Waals surface area contributed by atoms with E-state index in [-0.39, 0.29) is 17.7 Å². The van der Waals surface area contributed by atoms with Gasteiger partial charge in [-0.25, -0.2) is 4.98 Å². The lowest BCUT2D eigenvalue weighted by atomic mass is 10.2. The van der Waals surface area contributed by atoms with E-state index in [1.165, 1.54) is 0 Å². The molecule has 0 radical (unpaired) electrons. The summed E-state index contributed by atoms with van der Waals surface area (Å²) in [4.78, 5) is 28.5. The summed E-state index contributed by atoms with van der Waals surface area (Å²) in [5.41, 5.74) is 1.47. The van der Waals surface area contributed by atoms with Crippen molar-refractivity contribution in [1.29, 1.82) is 0 Å². The maximum absolute atomic E-state index is 12.7. The molecule has 7 heteroatoms. The number of amides is 2. The number of nitrogens with zero attached hydrogens (tertiary/aromatic N) is 1. The second-order valence-electron chi connectivity index (χ2n) is 5.85. The summed E-state index contributed by atoms with van der Waals surface area (Å²) < 4.78 is 6.69. The summed E-state index contributed by atoms with van der Waals surface area (Å²) in [6.07, 6.45) is 1.94. The number of benzene rings is 2. The van der Waals surface area contributed by atoms with E-state index in [0.29, 0.717) is 29.1 Å². The van der Waals surface area contributed by atoms with Crippen molar-refractivity contribution in [2.24, 2.45) is 0 Å². The van der Waals surface area contributed by atoms with Crippen molar-refractivity contribution >= 4 is 39.1 Å². The number of rotatable bonds is 6. The van der Waals surface area contributed by atoms with E-state index in [9.17, 15) is 9.59 Å². The summed E-state index contributed by atoms with van der Waals surface area (Å²) in [6, 6.07) is 17.5. The molecule has 2 aromatic carbocycles. The number of halogens is 1. The molecule has 2 amide bonds. The highest BCUT2D eigenvalue weighted by Crippen LogP contribution is 2.25. The van der Waals surface area contributed by atoms with Gasteiger partial charge in [-0.15, -0.1) is 0 Å². The van der Waals surface area contributed by atoms with Gasteiger partial charge in [-0.3, -0.25) is 9.59 Å². The van der Waals surface area contributed by atoms with E-state index < -0.39 is 0 Å². The summed E-state index contributed by atoms with van der Waals surface area (Å²) in [6.45, 7) is 1.77. The van der Waals surface area contributed by atoms with Crippen LogP contribution in [-0.4, -0.2) is 16.8 Å². The molecule has 1 aromatic heterocycles. The van der Waals surface area contributed by atoms with Gasteiger partial charge in [0.15, 0.2) is 0 Å². The molecule has 0 spiro atoms. The number of ether oxygens (including phenoxy) is 1. The average molecular weight is 440 g/mol. The van der Waals surface area contributed by atoms with E-state index in [0.717, 1.165) is 4.47 Å². The van der Waals surface area contributed by atoms with Crippen LogP contribution in [0.3, 0.4) is 0 Å². The van der Waals surface area contributed by atoms with Gasteiger partial charge in [0.25, 0.3) is 5.91 Å². The summed E-state index contributed by atoms with van der Waals surface area (Å²) in [7, 11) is 0. The van der Waals surface area contributed by atoms with Crippen LogP contribution in [0.4, 0.5) is 11.4 Å². The predicted molar refractivity (Wildman–Crippen MR) is 112 cm³/mol. The smallest absolute Gasteiger partial charge is 0.261 e. The Labute approximate surface area is 171 Å². The van der Waals surface area contributed by atoms with Crippen molar-refractivity contribution in [1.82, 2.24) is 4.98 Å². The predicted octanol–water partition coefficient (Wildman–Crippen LogP) is 5.24. The van der Waals surface area contributed by atoms with Crippen molar-refractivity contribution < 1.29 is 14.3 Å². The summed E-state index contributed by atoms with van der Waals surface area (Å²) in [5, 5.41) is 5.57. The van der Waals surface area contributed by atoms with Crippen LogP contribution in [-0.2, 0) is 4.79 Å². The zero-order valence-electron chi connectivity index (χ0n) is 15.1. The summed E-state index contributed by atoms with van der Waals surface area (Å²) in [5.74, 6) is 0.318. The van der Waals surface area contributed by atoms with Gasteiger partial charge in [-0.05, 0) is 54.6 Å². The Kier molecular flexibility index (Phi) is 6.39. The summed E-state index contributed by atoms with van der Waals surface area (Å²) >= 11 is 3.37. The van der Waals surface area contributed by atoms with Crippen molar-refractivity contribution in [3.8, 4) is 11.6 Å². The molecule has 0 aliphatic heterocycles. The molecule has 1 heterocycles. The zero-order chi connectivity index (χ0) is 19.9. The quantitative estimate of drug-likeness (QED) is 0.550. The lowest BCUT2D eigenvalue weighted by Crippen LogP contribution is -2.14. The fraction of sp³-hybridized carbons (Fsp3) is 0.0952. The molecular formula is C21H18BrN3O3. The van der Waals surface area contributed by atoms with Gasteiger partial charge in [0.2, 0.25) is 11.8 Å². The molecule has 0 saturated heterocycles. The molecule has 0 saturated carbocycles. The lowest BCUT2D eigenvalue weighted by molar-refractivity contribution is -0.115. The number of pyridine rings is 1. The van der Waals surface area contributed by atoms with E-state index >= 15 is 0 Å². The highest BCUT2D eigenvalue weighted by atomic mass is 79.9. The molecule has 0 fully saturated rings. The van der Waals surface area contributed by atoms with Gasteiger partial charge in [-0.2, -0.15) is 0 Å². The molecule has 0 aliphatic rings. The highest BCUT2D eigenvalue weighted by molar-refractivity contribution is 9.10. The Bertz CT molecular complexity index is 990. The van der Waals surface area contributed by atoms with Gasteiger partial charge in [0.05, 0.1) is 0 Å². The average Bonchev–Trinajstić information content (AvgIpc) is 2.70. The number of nitrogens with one attached hydrogen (secondary N) is 2. The Balaban J connectivity index is 1.77. The second kappa shape index (κ2) is 9.14. The van der Waals surface area contributed by atoms with E-state index in [1.807, 2.05) is 12.1 Å². The fourth-order valence-electron chi connectivity index (χ4n) is 2.38. The number of hydrogen-bond donors (Lipinski definition) is 2. The van der Waals surface area contributed by atoms with Crippen LogP contribution in [0.2, 0.25) is 0 Å². The molecule has 28 heavy (non-hydrogen) atoms. The largest absolute Gasteiger partial charge is 0.438 e. The zero-order valence-corrected chi connectivity index (χ0v) is 16.7. The number of carbonyl (C=O) groups excluding carboxylic acids is 2. The van der Waals surface area contributed by atoms with Crippen LogP contribution in [0, 0.1) is 0 Å². The molecule has 3 aromatic rings. The molecule has 0 atom stereocenters. The molecule has 2 N–H and O–H groups in total. The van der Waals surface area contributed by atoms with Gasteiger partial charge >= 0.3 is 0 Å². The first-order valence-electron chi connectivity index (χ1n) is 8.65. The molecule has 3 rings (SSSR count). The molecule has 142 valence electrons. The van der Waals surface area contributed by atoms with Gasteiger partial charge in [-0.1, -0.05) is 28.9 Å². The van der Waals surface area contributed by atoms with E-state index in [2.05, 4.69) is 31.5 Å². The molecule has 0 bridgehead atoms. The van der Waals surface area contributed by atoms with Crippen molar-refractivity contribution in [3.63, 3.8) is 0 Å². The van der Waals surface area contributed by atoms with Crippen LogP contribution in [0.25, 0.3) is 0 Å². The number of carbonyl (C=O) groups is 2. The van der Waals surface area contributed by atoms with Gasteiger partial charge < -0.3 is 15.4 Å². The third-order valence-electron chi connectivity index (χ3n) is 3.77. The topological polar surface area (TPSA) is 80.3 Å². The number of hydrogen-bond acceptors (Lipinski definition) is 4. The first-order valence-corrected chi connectivity index (χ1v) is 9.44. The third-order valence-corrected chi connectivity index (χ3v) is 4.30. The minimum absolute atomic E-state index is 0.0964. The minimum Gasteiger partial charge on any atom is -0.438 e. The molecule has 0 unspecified atom stereocenters. The van der Waals surface area contributed by atoms with Crippen molar-refractivity contribution in [2.75, 3.05) is 10.6 Å². The SMILES string of the molecule is CCC(=O)Nc1cccc(NC(=O)c2cccnc2Oc2ccc(Br)cc2)c1. The third kappa shape index (κ3) is 5.17. The molecular weight excluding hydrogens is 422 g/mol. The van der Waals surface area contributed by atoms with Crippen molar-refractivity contribution in [3.05, 3.63) is 76.9 Å². The normalized spacial score (nSPS) is 10.2. The van der Waals surface area contributed by atoms with Crippen LogP contribution in [0.15, 0.2) is 71.3 Å². The van der Waals surface area contributed by atoms with Gasteiger partial charge in [0.1, 0.15) is 11.3 Å². The number of aromatic nitrogens is 1. The van der Waals surface area contributed by atoms with Crippen LogP contribution < -0.4 is 15.4 Å². The Morgan fingerprint density at radius 3 is 2.43 bits per heavy atom. The standard InChI is InChI=1S/C21H18BrN3O3/c1-2-19(26)24-15-5-3-6-16(13-15)25-20(27)18-7-4-12-23-21(18)28-17-10-8-14(22)9-11-17/h3-13H,2H2,1H3,(H,24,26)(H,25,27). The van der Waals surface area contributed by atoms with E-state index in [4.69, 9.17) is 4.74 Å². The van der Waals surface area contributed by atoms with Crippen LogP contribution in [0.5, 0.6) is 11.6 Å². The molecule has 6 nitrogen and oxygen atoms in total. The first-order chi connectivity index (χ1) is 13.5. The Hall–Kier alpha value is -3.19. The van der Waals surface area contributed by atoms with Gasteiger partial charge in [0, 0.05) is 28.5 Å². The highest BCUT2D eigenvalue weighted by Gasteiger charge is 2.15. The first kappa shape index (κ1) is 19.6. The van der Waals surface area contributed by atoms with Crippen molar-refractivity contribution in [2.45, 2.75) is 13.3 Å². The lowest BCUT2D eigenvalue weighted by Gasteiger charge is -2.11. The Morgan fingerprint density at radius 2 is 1.71 bits per heavy atom. The monoisotopic (exact) mass is 439 g/mol. The maximum atomic E-state index is 12.7. The minimum atomic E-state index is -0.362. The Morgan fingerprint density at radius 1 is 1.00 bits per heavy atom. The maximum Gasteiger partial charge on any atom is 0.261 e. The van der Waals surface area contributed by atoms with E-state index in [1.54, 1.807) is 61.7 Å². The van der Waals surface area contributed by atoms with Crippen LogP contribution in [0.1, 0.15) is 23.7 Å². The fourth-order valence-corrected chi connectivity index (χ4v) is 2.65. The molecule has 0 aliphatic carbocycles. The second-order valence-corrected chi connectivity index (χ2v) is 6.76. The number of anilines is 2.